The van der Waals surface area contributed by atoms with Gasteiger partial charge in [-0.2, -0.15) is 13.5 Å². The summed E-state index contributed by atoms with van der Waals surface area (Å²) in [6, 6.07) is 16.2. The van der Waals surface area contributed by atoms with Gasteiger partial charge in [-0.15, -0.1) is 11.3 Å². The van der Waals surface area contributed by atoms with E-state index in [9.17, 15) is 13.2 Å². The molecule has 0 aliphatic carbocycles. The van der Waals surface area contributed by atoms with Gasteiger partial charge >= 0.3 is 0 Å². The maximum absolute atomic E-state index is 13.1. The van der Waals surface area contributed by atoms with Crippen LogP contribution < -0.4 is 10.0 Å². The molecule has 2 aromatic carbocycles. The average Bonchev–Trinajstić information content (AvgIpc) is 3.42. The Morgan fingerprint density at radius 1 is 1.00 bits per heavy atom. The van der Waals surface area contributed by atoms with Crippen molar-refractivity contribution >= 4 is 50.0 Å². The van der Waals surface area contributed by atoms with Crippen molar-refractivity contribution in [1.82, 2.24) is 18.8 Å². The van der Waals surface area contributed by atoms with Gasteiger partial charge in [0.15, 0.2) is 0 Å². The molecule has 0 saturated heterocycles. The average molecular weight is 445 g/mol. The molecule has 29 heavy (non-hydrogen) atoms. The zero-order valence-corrected chi connectivity index (χ0v) is 17.4. The van der Waals surface area contributed by atoms with Gasteiger partial charge in [-0.3, -0.25) is 4.79 Å². The molecule has 2 heterocycles. The largest absolute Gasteiger partial charge is 0.350 e. The Balaban J connectivity index is 1.64. The summed E-state index contributed by atoms with van der Waals surface area (Å²) in [5, 5.41) is 4.73. The lowest BCUT2D eigenvalue weighted by Crippen LogP contribution is -2.40. The van der Waals surface area contributed by atoms with Gasteiger partial charge in [0.1, 0.15) is 22.0 Å². The van der Waals surface area contributed by atoms with Gasteiger partial charge in [0.2, 0.25) is 15.9 Å². The molecule has 2 N–H and O–H groups in total. The second-order valence-corrected chi connectivity index (χ2v) is 9.39. The molecule has 0 aliphatic heterocycles. The molecule has 1 amide bonds. The molecule has 7 nitrogen and oxygen atoms in total. The lowest BCUT2D eigenvalue weighted by Gasteiger charge is -2.19. The number of nitrogens with zero attached hydrogens (tertiary/aromatic N) is 2. The maximum atomic E-state index is 13.1. The highest BCUT2D eigenvalue weighted by Gasteiger charge is 2.29. The predicted octanol–water partition coefficient (Wildman–Crippen LogP) is 3.09. The standard InChI is InChI=1S/C19H16N4O3S3/c24-19(20-12-14-8-5-11-27-14)17(13-6-2-1-3-7-13)23-29(25,26)16-10-4-9-15-18(16)22-28-21-15/h1-11,17,23H,12H2,(H,20,24)/t17-/m0/s1. The second kappa shape index (κ2) is 8.37. The zero-order valence-electron chi connectivity index (χ0n) is 15.0. The van der Waals surface area contributed by atoms with Crippen LogP contribution >= 0.6 is 23.1 Å². The van der Waals surface area contributed by atoms with Crippen molar-refractivity contribution in [1.29, 1.82) is 0 Å². The van der Waals surface area contributed by atoms with Crippen molar-refractivity contribution < 1.29 is 13.2 Å². The number of aromatic nitrogens is 2. The van der Waals surface area contributed by atoms with Crippen LogP contribution in [0, 0.1) is 0 Å². The van der Waals surface area contributed by atoms with Gasteiger partial charge in [0.25, 0.3) is 0 Å². The molecule has 0 radical (unpaired) electrons. The van der Waals surface area contributed by atoms with Crippen LogP contribution in [0.4, 0.5) is 0 Å². The maximum Gasteiger partial charge on any atom is 0.243 e. The number of hydrogen-bond donors (Lipinski definition) is 2. The summed E-state index contributed by atoms with van der Waals surface area (Å²) in [5.74, 6) is -0.434. The second-order valence-electron chi connectivity index (χ2n) is 6.15. The molecule has 0 spiro atoms. The Labute approximate surface area is 175 Å². The highest BCUT2D eigenvalue weighted by atomic mass is 32.2. The number of sulfonamides is 1. The van der Waals surface area contributed by atoms with Gasteiger partial charge in [-0.1, -0.05) is 42.5 Å². The van der Waals surface area contributed by atoms with Crippen molar-refractivity contribution in [3.05, 3.63) is 76.5 Å². The van der Waals surface area contributed by atoms with E-state index in [4.69, 9.17) is 0 Å². The van der Waals surface area contributed by atoms with Crippen LogP contribution in [0.2, 0.25) is 0 Å². The number of rotatable bonds is 7. The van der Waals surface area contributed by atoms with Crippen molar-refractivity contribution in [2.75, 3.05) is 0 Å². The van der Waals surface area contributed by atoms with Gasteiger partial charge in [0, 0.05) is 4.88 Å². The van der Waals surface area contributed by atoms with E-state index in [1.165, 1.54) is 17.4 Å². The quantitative estimate of drug-likeness (QED) is 0.456. The van der Waals surface area contributed by atoms with E-state index in [1.807, 2.05) is 17.5 Å². The minimum atomic E-state index is -4.03. The third-order valence-corrected chi connectivity index (χ3v) is 7.10. The minimum Gasteiger partial charge on any atom is -0.350 e. The SMILES string of the molecule is O=C(NCc1cccs1)[C@@H](NS(=O)(=O)c1cccc2nsnc12)c1ccccc1. The van der Waals surface area contributed by atoms with E-state index in [2.05, 4.69) is 18.8 Å². The molecular formula is C19H16N4O3S3. The first-order valence-corrected chi connectivity index (χ1v) is 11.7. The number of fused-ring (bicyclic) bond motifs is 1. The molecule has 4 aromatic rings. The summed E-state index contributed by atoms with van der Waals surface area (Å²) >= 11 is 2.46. The van der Waals surface area contributed by atoms with E-state index < -0.39 is 22.0 Å². The van der Waals surface area contributed by atoms with Crippen molar-refractivity contribution in [2.45, 2.75) is 17.5 Å². The van der Waals surface area contributed by atoms with E-state index in [1.54, 1.807) is 42.5 Å². The summed E-state index contributed by atoms with van der Waals surface area (Å²) in [7, 11) is -4.03. The summed E-state index contributed by atoms with van der Waals surface area (Å²) in [4.78, 5) is 13.9. The van der Waals surface area contributed by atoms with Gasteiger partial charge in [-0.25, -0.2) is 8.42 Å². The fourth-order valence-corrected chi connectivity index (χ4v) is 5.42. The Morgan fingerprint density at radius 3 is 2.59 bits per heavy atom. The Bertz CT molecular complexity index is 1220. The number of thiophene rings is 1. The number of benzene rings is 2. The predicted molar refractivity (Wildman–Crippen MR) is 113 cm³/mol. The van der Waals surface area contributed by atoms with Crippen LogP contribution in [0.1, 0.15) is 16.5 Å². The summed E-state index contributed by atoms with van der Waals surface area (Å²) in [5.41, 5.74) is 1.33. The number of nitrogens with one attached hydrogen (secondary N) is 2. The highest BCUT2D eigenvalue weighted by molar-refractivity contribution is 7.89. The van der Waals surface area contributed by atoms with E-state index in [0.29, 0.717) is 17.6 Å². The van der Waals surface area contributed by atoms with Crippen molar-refractivity contribution in [3.63, 3.8) is 0 Å². The summed E-state index contributed by atoms with van der Waals surface area (Å²) in [6.45, 7) is 0.327. The fourth-order valence-electron chi connectivity index (χ4n) is 2.82. The molecule has 10 heteroatoms. The first kappa shape index (κ1) is 19.6. The molecule has 0 fully saturated rings. The van der Waals surface area contributed by atoms with Gasteiger partial charge in [-0.05, 0) is 29.1 Å². The normalized spacial score (nSPS) is 12.7. The molecular weight excluding hydrogens is 428 g/mol. The van der Waals surface area contributed by atoms with E-state index in [0.717, 1.165) is 16.6 Å². The Morgan fingerprint density at radius 2 is 1.83 bits per heavy atom. The van der Waals surface area contributed by atoms with Crippen LogP contribution in [-0.4, -0.2) is 23.1 Å². The number of carbonyl (C=O) groups is 1. The lowest BCUT2D eigenvalue weighted by atomic mass is 10.1. The molecule has 0 saturated carbocycles. The van der Waals surface area contributed by atoms with Crippen LogP contribution in [0.15, 0.2) is 70.9 Å². The Hall–Kier alpha value is -2.66. The third kappa shape index (κ3) is 4.35. The van der Waals surface area contributed by atoms with Crippen molar-refractivity contribution in [3.8, 4) is 0 Å². The monoisotopic (exact) mass is 444 g/mol. The van der Waals surface area contributed by atoms with Crippen molar-refractivity contribution in [2.24, 2.45) is 0 Å². The smallest absolute Gasteiger partial charge is 0.243 e. The molecule has 4 rings (SSSR count). The molecule has 0 unspecified atom stereocenters. The first-order valence-electron chi connectivity index (χ1n) is 8.63. The van der Waals surface area contributed by atoms with Crippen LogP contribution in [0.5, 0.6) is 0 Å². The molecule has 2 aromatic heterocycles. The van der Waals surface area contributed by atoms with Crippen LogP contribution in [0.3, 0.4) is 0 Å². The minimum absolute atomic E-state index is 0.00395. The van der Waals surface area contributed by atoms with E-state index >= 15 is 0 Å². The van der Waals surface area contributed by atoms with Gasteiger partial charge in [0.05, 0.1) is 18.3 Å². The summed E-state index contributed by atoms with van der Waals surface area (Å²) < 4.78 is 36.9. The molecule has 148 valence electrons. The third-order valence-electron chi connectivity index (χ3n) is 4.22. The highest BCUT2D eigenvalue weighted by Crippen LogP contribution is 2.24. The van der Waals surface area contributed by atoms with Gasteiger partial charge < -0.3 is 5.32 Å². The van der Waals surface area contributed by atoms with E-state index in [-0.39, 0.29) is 10.4 Å². The summed E-state index contributed by atoms with van der Waals surface area (Å²) in [6.07, 6.45) is 0. The molecule has 0 bridgehead atoms. The topological polar surface area (TPSA) is 101 Å². The number of carbonyl (C=O) groups excluding carboxylic acids is 1. The molecule has 1 atom stereocenters. The lowest BCUT2D eigenvalue weighted by molar-refractivity contribution is -0.123. The number of amides is 1. The first-order chi connectivity index (χ1) is 14.0. The van der Waals surface area contributed by atoms with Crippen LogP contribution in [0.25, 0.3) is 11.0 Å². The van der Waals surface area contributed by atoms with Crippen LogP contribution in [-0.2, 0) is 21.4 Å². The molecule has 0 aliphatic rings. The fraction of sp³-hybridized carbons (Fsp3) is 0.105. The number of hydrogen-bond acceptors (Lipinski definition) is 7. The Kier molecular flexibility index (Phi) is 5.67. The zero-order chi connectivity index (χ0) is 20.3.